The summed E-state index contributed by atoms with van der Waals surface area (Å²) in [5.74, 6) is 2.26. The van der Waals surface area contributed by atoms with Gasteiger partial charge in [0.25, 0.3) is 5.91 Å². The second-order valence-corrected chi connectivity index (χ2v) is 8.26. The fraction of sp³-hybridized carbons (Fsp3) is 0.375. The molecule has 0 saturated carbocycles. The van der Waals surface area contributed by atoms with Gasteiger partial charge in [0, 0.05) is 37.7 Å². The van der Waals surface area contributed by atoms with Crippen molar-refractivity contribution in [2.75, 3.05) is 13.1 Å². The first-order valence-electron chi connectivity index (χ1n) is 10.7. The molecule has 0 spiro atoms. The van der Waals surface area contributed by atoms with E-state index in [9.17, 15) is 9.59 Å². The predicted molar refractivity (Wildman–Crippen MR) is 119 cm³/mol. The average Bonchev–Trinajstić information content (AvgIpc) is 3.09. The standard InChI is InChI=1S/C24H28N4O3/c1-17(2)28-22(25-26(3)24(28)30)19-8-7-15-27(16-19)23(29)18-11-13-21(14-12-18)31-20-9-5-4-6-10-20/h4-6,9-14,17,19H,7-8,15-16H2,1-3H3. The third kappa shape index (κ3) is 4.40. The first-order valence-corrected chi connectivity index (χ1v) is 10.7. The molecule has 2 heterocycles. The summed E-state index contributed by atoms with van der Waals surface area (Å²) < 4.78 is 8.95. The fourth-order valence-corrected chi connectivity index (χ4v) is 4.11. The Morgan fingerprint density at radius 1 is 1.06 bits per heavy atom. The molecule has 1 aliphatic heterocycles. The molecule has 162 valence electrons. The van der Waals surface area contributed by atoms with Gasteiger partial charge in [0.1, 0.15) is 17.3 Å². The molecule has 0 N–H and O–H groups in total. The molecular formula is C24H28N4O3. The minimum atomic E-state index is -0.109. The van der Waals surface area contributed by atoms with Crippen LogP contribution in [0.25, 0.3) is 0 Å². The number of nitrogens with zero attached hydrogens (tertiary/aromatic N) is 4. The van der Waals surface area contributed by atoms with Gasteiger partial charge in [-0.05, 0) is 63.1 Å². The summed E-state index contributed by atoms with van der Waals surface area (Å²) in [6.07, 6.45) is 1.80. The number of benzene rings is 2. The zero-order valence-corrected chi connectivity index (χ0v) is 18.2. The lowest BCUT2D eigenvalue weighted by Gasteiger charge is -2.32. The molecule has 0 radical (unpaired) electrons. The summed E-state index contributed by atoms with van der Waals surface area (Å²) in [7, 11) is 1.68. The number of carbonyl (C=O) groups excluding carboxylic acids is 1. The zero-order valence-electron chi connectivity index (χ0n) is 18.2. The largest absolute Gasteiger partial charge is 0.457 e. The second-order valence-electron chi connectivity index (χ2n) is 8.26. The summed E-state index contributed by atoms with van der Waals surface area (Å²) in [5, 5.41) is 4.49. The van der Waals surface area contributed by atoms with Crippen molar-refractivity contribution in [2.24, 2.45) is 7.05 Å². The molecule has 0 bridgehead atoms. The Labute approximate surface area is 181 Å². The zero-order chi connectivity index (χ0) is 22.0. The van der Waals surface area contributed by atoms with Crippen molar-refractivity contribution in [1.29, 1.82) is 0 Å². The van der Waals surface area contributed by atoms with E-state index < -0.39 is 0 Å². The van der Waals surface area contributed by atoms with Gasteiger partial charge in [-0.3, -0.25) is 9.36 Å². The van der Waals surface area contributed by atoms with Gasteiger partial charge in [0.2, 0.25) is 0 Å². The van der Waals surface area contributed by atoms with Crippen LogP contribution in [0, 0.1) is 0 Å². The molecule has 4 rings (SSSR count). The van der Waals surface area contributed by atoms with Crippen molar-refractivity contribution in [2.45, 2.75) is 38.6 Å². The molecule has 7 nitrogen and oxygen atoms in total. The highest BCUT2D eigenvalue weighted by Gasteiger charge is 2.30. The van der Waals surface area contributed by atoms with Gasteiger partial charge in [-0.25, -0.2) is 9.48 Å². The van der Waals surface area contributed by atoms with Crippen molar-refractivity contribution >= 4 is 5.91 Å². The Morgan fingerprint density at radius 3 is 2.42 bits per heavy atom. The quantitative estimate of drug-likeness (QED) is 0.626. The van der Waals surface area contributed by atoms with Crippen LogP contribution in [0.5, 0.6) is 11.5 Å². The minimum absolute atomic E-state index is 0.00895. The minimum Gasteiger partial charge on any atom is -0.457 e. The molecule has 1 saturated heterocycles. The lowest BCUT2D eigenvalue weighted by molar-refractivity contribution is 0.0702. The van der Waals surface area contributed by atoms with Crippen LogP contribution in [0.4, 0.5) is 0 Å². The number of aromatic nitrogens is 3. The Kier molecular flexibility index (Phi) is 5.93. The van der Waals surface area contributed by atoms with E-state index in [-0.39, 0.29) is 23.6 Å². The SMILES string of the molecule is CC(C)n1c(C2CCCN(C(=O)c3ccc(Oc4ccccc4)cc3)C2)nn(C)c1=O. The molecule has 7 heteroatoms. The van der Waals surface area contributed by atoms with Gasteiger partial charge in [-0.15, -0.1) is 0 Å². The predicted octanol–water partition coefficient (Wildman–Crippen LogP) is 3.97. The highest BCUT2D eigenvalue weighted by molar-refractivity contribution is 5.94. The maximum atomic E-state index is 13.1. The van der Waals surface area contributed by atoms with Gasteiger partial charge in [0.15, 0.2) is 0 Å². The van der Waals surface area contributed by atoms with Crippen LogP contribution in [0.15, 0.2) is 59.4 Å². The van der Waals surface area contributed by atoms with Crippen molar-refractivity contribution in [1.82, 2.24) is 19.2 Å². The molecule has 2 aromatic carbocycles. The van der Waals surface area contributed by atoms with Crippen LogP contribution in [0.1, 0.15) is 54.8 Å². The maximum Gasteiger partial charge on any atom is 0.345 e. The van der Waals surface area contributed by atoms with Crippen molar-refractivity contribution in [3.8, 4) is 11.5 Å². The molecule has 1 aliphatic rings. The number of carbonyl (C=O) groups is 1. The molecule has 1 aromatic heterocycles. The number of aryl methyl sites for hydroxylation is 1. The van der Waals surface area contributed by atoms with Crippen molar-refractivity contribution in [3.05, 3.63) is 76.5 Å². The number of amides is 1. The van der Waals surface area contributed by atoms with Gasteiger partial charge in [-0.2, -0.15) is 5.10 Å². The van der Waals surface area contributed by atoms with E-state index in [0.29, 0.717) is 24.4 Å². The third-order valence-corrected chi connectivity index (χ3v) is 5.65. The van der Waals surface area contributed by atoms with Crippen LogP contribution in [-0.4, -0.2) is 38.2 Å². The molecule has 31 heavy (non-hydrogen) atoms. The highest BCUT2D eigenvalue weighted by atomic mass is 16.5. The fourth-order valence-electron chi connectivity index (χ4n) is 4.11. The van der Waals surface area contributed by atoms with Gasteiger partial charge in [0.05, 0.1) is 0 Å². The number of likely N-dealkylation sites (tertiary alicyclic amines) is 1. The normalized spacial score (nSPS) is 16.5. The van der Waals surface area contributed by atoms with E-state index in [1.165, 1.54) is 4.68 Å². The number of para-hydroxylation sites is 1. The van der Waals surface area contributed by atoms with E-state index in [1.807, 2.05) is 61.2 Å². The summed E-state index contributed by atoms with van der Waals surface area (Å²) >= 11 is 0. The van der Waals surface area contributed by atoms with Crippen LogP contribution in [0.2, 0.25) is 0 Å². The summed E-state index contributed by atoms with van der Waals surface area (Å²) in [4.78, 5) is 27.4. The molecule has 1 fully saturated rings. The van der Waals surface area contributed by atoms with E-state index in [1.54, 1.807) is 23.7 Å². The van der Waals surface area contributed by atoms with E-state index >= 15 is 0 Å². The van der Waals surface area contributed by atoms with Gasteiger partial charge in [-0.1, -0.05) is 18.2 Å². The molecule has 3 aromatic rings. The third-order valence-electron chi connectivity index (χ3n) is 5.65. The molecule has 1 atom stereocenters. The smallest absolute Gasteiger partial charge is 0.345 e. The van der Waals surface area contributed by atoms with E-state index in [2.05, 4.69) is 5.10 Å². The Morgan fingerprint density at radius 2 is 1.74 bits per heavy atom. The number of rotatable bonds is 5. The van der Waals surface area contributed by atoms with E-state index in [0.717, 1.165) is 24.4 Å². The van der Waals surface area contributed by atoms with Crippen LogP contribution in [-0.2, 0) is 7.05 Å². The number of piperidine rings is 1. The van der Waals surface area contributed by atoms with Crippen molar-refractivity contribution < 1.29 is 9.53 Å². The Hall–Kier alpha value is -3.35. The number of ether oxygens (including phenoxy) is 1. The first-order chi connectivity index (χ1) is 14.9. The number of hydrogen-bond acceptors (Lipinski definition) is 4. The van der Waals surface area contributed by atoms with Crippen LogP contribution >= 0.6 is 0 Å². The summed E-state index contributed by atoms with van der Waals surface area (Å²) in [5.41, 5.74) is 0.519. The van der Waals surface area contributed by atoms with E-state index in [4.69, 9.17) is 4.74 Å². The highest BCUT2D eigenvalue weighted by Crippen LogP contribution is 2.28. The topological polar surface area (TPSA) is 69.4 Å². The van der Waals surface area contributed by atoms with Gasteiger partial charge >= 0.3 is 5.69 Å². The summed E-state index contributed by atoms with van der Waals surface area (Å²) in [6, 6.07) is 16.8. The monoisotopic (exact) mass is 420 g/mol. The van der Waals surface area contributed by atoms with Crippen LogP contribution in [0.3, 0.4) is 0 Å². The lowest BCUT2D eigenvalue weighted by atomic mass is 9.96. The average molecular weight is 421 g/mol. The molecule has 0 aliphatic carbocycles. The summed E-state index contributed by atoms with van der Waals surface area (Å²) in [6.45, 7) is 5.23. The Bertz CT molecular complexity index is 1100. The number of hydrogen-bond donors (Lipinski definition) is 0. The van der Waals surface area contributed by atoms with Gasteiger partial charge < -0.3 is 9.64 Å². The maximum absolute atomic E-state index is 13.1. The first kappa shape index (κ1) is 20.9. The Balaban J connectivity index is 1.48. The van der Waals surface area contributed by atoms with Crippen molar-refractivity contribution in [3.63, 3.8) is 0 Å². The lowest BCUT2D eigenvalue weighted by Crippen LogP contribution is -2.40. The molecule has 1 unspecified atom stereocenters. The molecule has 1 amide bonds. The molecular weight excluding hydrogens is 392 g/mol. The second kappa shape index (κ2) is 8.79. The van der Waals surface area contributed by atoms with Crippen LogP contribution < -0.4 is 10.4 Å².